The van der Waals surface area contributed by atoms with Gasteiger partial charge in [0.15, 0.2) is 0 Å². The highest BCUT2D eigenvalue weighted by atomic mass is 79.9. The fraction of sp³-hybridized carbons (Fsp3) is 0.176. The minimum absolute atomic E-state index is 0.0765. The summed E-state index contributed by atoms with van der Waals surface area (Å²) in [7, 11) is 0. The maximum atomic E-state index is 12.4. The van der Waals surface area contributed by atoms with Gasteiger partial charge in [0.2, 0.25) is 5.65 Å². The Balaban J connectivity index is 1.53. The van der Waals surface area contributed by atoms with Crippen LogP contribution in [0.2, 0.25) is 5.02 Å². The van der Waals surface area contributed by atoms with Gasteiger partial charge in [0.25, 0.3) is 5.56 Å². The highest BCUT2D eigenvalue weighted by molar-refractivity contribution is 9.10. The molecule has 0 bridgehead atoms. The van der Waals surface area contributed by atoms with E-state index in [0.717, 1.165) is 33.5 Å². The quantitative estimate of drug-likeness (QED) is 0.516. The Labute approximate surface area is 151 Å². The number of benzene rings is 1. The summed E-state index contributed by atoms with van der Waals surface area (Å²) in [5, 5.41) is 1.87. The van der Waals surface area contributed by atoms with Gasteiger partial charge in [-0.3, -0.25) is 9.20 Å². The Morgan fingerprint density at radius 1 is 1.08 bits per heavy atom. The highest BCUT2D eigenvalue weighted by Crippen LogP contribution is 2.20. The first-order valence-corrected chi connectivity index (χ1v) is 8.77. The van der Waals surface area contributed by atoms with Gasteiger partial charge in [-0.25, -0.2) is 4.98 Å². The standard InChI is InChI=1S/C17H14BrClN4O/c18-15-11-20-16-17(24)22(8-9-23(15)16)6-1-5-21-7-4-12-10-13(19)2-3-14(12)21/h2-4,7-11H,1,5-6H2. The molecule has 0 spiro atoms. The molecule has 0 aliphatic heterocycles. The van der Waals surface area contributed by atoms with Crippen molar-refractivity contribution in [3.63, 3.8) is 0 Å². The van der Waals surface area contributed by atoms with Crippen LogP contribution in [0.25, 0.3) is 16.6 Å². The molecule has 4 aromatic rings. The van der Waals surface area contributed by atoms with Gasteiger partial charge >= 0.3 is 0 Å². The van der Waals surface area contributed by atoms with Crippen LogP contribution in [-0.2, 0) is 13.1 Å². The lowest BCUT2D eigenvalue weighted by molar-refractivity contribution is 0.560. The number of hydrogen-bond donors (Lipinski definition) is 0. The number of aryl methyl sites for hydroxylation is 2. The maximum absolute atomic E-state index is 12.4. The molecule has 122 valence electrons. The van der Waals surface area contributed by atoms with E-state index in [2.05, 4.69) is 37.7 Å². The molecule has 24 heavy (non-hydrogen) atoms. The van der Waals surface area contributed by atoms with Crippen LogP contribution < -0.4 is 5.56 Å². The number of halogens is 2. The number of rotatable bonds is 4. The first kappa shape index (κ1) is 15.5. The Hall–Kier alpha value is -2.05. The summed E-state index contributed by atoms with van der Waals surface area (Å²) in [5.74, 6) is 0. The van der Waals surface area contributed by atoms with E-state index in [1.807, 2.05) is 24.4 Å². The smallest absolute Gasteiger partial charge is 0.294 e. The first-order valence-electron chi connectivity index (χ1n) is 7.60. The molecule has 0 unspecified atom stereocenters. The average Bonchev–Trinajstić information content (AvgIpc) is 3.14. The van der Waals surface area contributed by atoms with Gasteiger partial charge in [-0.15, -0.1) is 0 Å². The second-order valence-corrected chi connectivity index (χ2v) is 6.89. The highest BCUT2D eigenvalue weighted by Gasteiger charge is 2.07. The minimum atomic E-state index is -0.0765. The Kier molecular flexibility index (Phi) is 3.94. The van der Waals surface area contributed by atoms with Crippen LogP contribution in [0.5, 0.6) is 0 Å². The number of hydrogen-bond acceptors (Lipinski definition) is 2. The zero-order chi connectivity index (χ0) is 16.7. The normalized spacial score (nSPS) is 11.6. The first-order chi connectivity index (χ1) is 11.6. The van der Waals surface area contributed by atoms with Crippen molar-refractivity contribution >= 4 is 44.1 Å². The van der Waals surface area contributed by atoms with Crippen LogP contribution in [0.15, 0.2) is 58.5 Å². The Bertz CT molecular complexity index is 1100. The van der Waals surface area contributed by atoms with Crippen molar-refractivity contribution in [2.24, 2.45) is 0 Å². The molecule has 3 heterocycles. The van der Waals surface area contributed by atoms with Crippen molar-refractivity contribution in [2.75, 3.05) is 0 Å². The number of fused-ring (bicyclic) bond motifs is 2. The fourth-order valence-electron chi connectivity index (χ4n) is 2.94. The van der Waals surface area contributed by atoms with Gasteiger partial charge in [0.1, 0.15) is 4.60 Å². The van der Waals surface area contributed by atoms with E-state index in [9.17, 15) is 4.79 Å². The van der Waals surface area contributed by atoms with Gasteiger partial charge in [-0.2, -0.15) is 0 Å². The van der Waals surface area contributed by atoms with Gasteiger partial charge in [0, 0.05) is 47.6 Å². The summed E-state index contributed by atoms with van der Waals surface area (Å²) >= 11 is 9.39. The molecule has 7 heteroatoms. The predicted molar refractivity (Wildman–Crippen MR) is 98.7 cm³/mol. The van der Waals surface area contributed by atoms with Crippen LogP contribution in [0.4, 0.5) is 0 Å². The summed E-state index contributed by atoms with van der Waals surface area (Å²) in [6.07, 6.45) is 8.19. The molecule has 0 aliphatic carbocycles. The molecule has 4 rings (SSSR count). The molecule has 0 N–H and O–H groups in total. The number of nitrogens with zero attached hydrogens (tertiary/aromatic N) is 4. The molecule has 0 radical (unpaired) electrons. The van der Waals surface area contributed by atoms with E-state index in [0.29, 0.717) is 12.2 Å². The zero-order valence-electron chi connectivity index (χ0n) is 12.7. The van der Waals surface area contributed by atoms with E-state index in [4.69, 9.17) is 11.6 Å². The minimum Gasteiger partial charge on any atom is -0.347 e. The summed E-state index contributed by atoms with van der Waals surface area (Å²) in [6, 6.07) is 7.94. The topological polar surface area (TPSA) is 44.2 Å². The van der Waals surface area contributed by atoms with Crippen molar-refractivity contribution < 1.29 is 0 Å². The molecular weight excluding hydrogens is 392 g/mol. The molecule has 5 nitrogen and oxygen atoms in total. The summed E-state index contributed by atoms with van der Waals surface area (Å²) in [6.45, 7) is 1.48. The number of aromatic nitrogens is 4. The Morgan fingerprint density at radius 2 is 1.92 bits per heavy atom. The summed E-state index contributed by atoms with van der Waals surface area (Å²) in [5.41, 5.74) is 1.51. The molecule has 0 saturated heterocycles. The lowest BCUT2D eigenvalue weighted by atomic mass is 10.2. The SMILES string of the molecule is O=c1c2ncc(Br)n2ccn1CCCn1ccc2cc(Cl)ccc21. The Morgan fingerprint density at radius 3 is 2.79 bits per heavy atom. The van der Waals surface area contributed by atoms with Crippen molar-refractivity contribution in [3.05, 3.63) is 69.0 Å². The molecule has 0 saturated carbocycles. The van der Waals surface area contributed by atoms with Crippen molar-refractivity contribution in [3.8, 4) is 0 Å². The van der Waals surface area contributed by atoms with E-state index < -0.39 is 0 Å². The monoisotopic (exact) mass is 404 g/mol. The molecular formula is C17H14BrClN4O. The van der Waals surface area contributed by atoms with Gasteiger partial charge in [-0.05, 0) is 46.6 Å². The lowest BCUT2D eigenvalue weighted by Gasteiger charge is -2.08. The second kappa shape index (κ2) is 6.11. The van der Waals surface area contributed by atoms with Crippen molar-refractivity contribution in [2.45, 2.75) is 19.5 Å². The number of imidazole rings is 1. The van der Waals surface area contributed by atoms with Crippen LogP contribution in [0.1, 0.15) is 6.42 Å². The summed E-state index contributed by atoms with van der Waals surface area (Å²) in [4.78, 5) is 16.6. The molecule has 0 aliphatic rings. The second-order valence-electron chi connectivity index (χ2n) is 5.64. The average molecular weight is 406 g/mol. The van der Waals surface area contributed by atoms with E-state index in [1.54, 1.807) is 21.4 Å². The van der Waals surface area contributed by atoms with Gasteiger partial charge in [0.05, 0.1) is 6.20 Å². The van der Waals surface area contributed by atoms with Crippen LogP contribution in [0, 0.1) is 0 Å². The third-order valence-electron chi connectivity index (χ3n) is 4.13. The third kappa shape index (κ3) is 2.65. The molecule has 1 aromatic carbocycles. The van der Waals surface area contributed by atoms with Crippen LogP contribution >= 0.6 is 27.5 Å². The predicted octanol–water partition coefficient (Wildman–Crippen LogP) is 3.96. The molecule has 0 atom stereocenters. The van der Waals surface area contributed by atoms with E-state index >= 15 is 0 Å². The molecule has 0 amide bonds. The maximum Gasteiger partial charge on any atom is 0.294 e. The summed E-state index contributed by atoms with van der Waals surface area (Å²) < 4.78 is 6.40. The van der Waals surface area contributed by atoms with Crippen LogP contribution in [0.3, 0.4) is 0 Å². The molecule has 3 aromatic heterocycles. The molecule has 0 fully saturated rings. The van der Waals surface area contributed by atoms with E-state index in [-0.39, 0.29) is 5.56 Å². The van der Waals surface area contributed by atoms with Crippen LogP contribution in [-0.4, -0.2) is 18.5 Å². The third-order valence-corrected chi connectivity index (χ3v) is 4.95. The van der Waals surface area contributed by atoms with Gasteiger partial charge < -0.3 is 9.13 Å². The largest absolute Gasteiger partial charge is 0.347 e. The van der Waals surface area contributed by atoms with E-state index in [1.165, 1.54) is 0 Å². The fourth-order valence-corrected chi connectivity index (χ4v) is 3.51. The van der Waals surface area contributed by atoms with Crippen molar-refractivity contribution in [1.29, 1.82) is 0 Å². The van der Waals surface area contributed by atoms with Gasteiger partial charge in [-0.1, -0.05) is 11.6 Å². The van der Waals surface area contributed by atoms with Crippen molar-refractivity contribution in [1.82, 2.24) is 18.5 Å². The lowest BCUT2D eigenvalue weighted by Crippen LogP contribution is -2.22. The zero-order valence-corrected chi connectivity index (χ0v) is 15.0.